The highest BCUT2D eigenvalue weighted by Gasteiger charge is 2.39. The van der Waals surface area contributed by atoms with E-state index >= 15 is 0 Å². The molecular weight excluding hydrogens is 152 g/mol. The Morgan fingerprint density at radius 1 is 1.33 bits per heavy atom. The van der Waals surface area contributed by atoms with Crippen molar-refractivity contribution in [1.29, 1.82) is 0 Å². The molecule has 0 aromatic heterocycles. The average molecular weight is 170 g/mol. The van der Waals surface area contributed by atoms with Gasteiger partial charge in [-0.25, -0.2) is 0 Å². The molecule has 0 radical (unpaired) electrons. The van der Waals surface area contributed by atoms with E-state index in [-0.39, 0.29) is 5.60 Å². The molecule has 1 aliphatic carbocycles. The predicted octanol–water partition coefficient (Wildman–Crippen LogP) is 1.72. The van der Waals surface area contributed by atoms with Crippen molar-refractivity contribution in [3.05, 3.63) is 0 Å². The molecule has 70 valence electrons. The van der Waals surface area contributed by atoms with Crippen LogP contribution in [0.15, 0.2) is 0 Å². The van der Waals surface area contributed by atoms with E-state index in [4.69, 9.17) is 9.84 Å². The van der Waals surface area contributed by atoms with Crippen LogP contribution >= 0.6 is 0 Å². The standard InChI is InChI=1S/C10H18O2/c11-8-9-3-6-12-10(7-9)4-1-2-5-10/h9,11H,1-8H2. The molecule has 0 aromatic rings. The third-order valence-corrected chi connectivity index (χ3v) is 3.37. The van der Waals surface area contributed by atoms with Crippen molar-refractivity contribution in [2.45, 2.75) is 44.1 Å². The van der Waals surface area contributed by atoms with Crippen LogP contribution in [-0.4, -0.2) is 23.9 Å². The topological polar surface area (TPSA) is 29.5 Å². The molecule has 1 aliphatic heterocycles. The molecule has 12 heavy (non-hydrogen) atoms. The van der Waals surface area contributed by atoms with Crippen molar-refractivity contribution in [1.82, 2.24) is 0 Å². The molecule has 2 fully saturated rings. The molecule has 1 unspecified atom stereocenters. The Kier molecular flexibility index (Phi) is 2.37. The third-order valence-electron chi connectivity index (χ3n) is 3.37. The number of aliphatic hydroxyl groups is 1. The fraction of sp³-hybridized carbons (Fsp3) is 1.00. The highest BCUT2D eigenvalue weighted by Crippen LogP contribution is 2.41. The second-order valence-corrected chi connectivity index (χ2v) is 4.28. The molecule has 2 heteroatoms. The van der Waals surface area contributed by atoms with Crippen LogP contribution in [0.25, 0.3) is 0 Å². The van der Waals surface area contributed by atoms with Crippen LogP contribution in [0.4, 0.5) is 0 Å². The SMILES string of the molecule is OCC1CCOC2(CCCC2)C1. The van der Waals surface area contributed by atoms with E-state index in [1.807, 2.05) is 0 Å². The number of aliphatic hydroxyl groups excluding tert-OH is 1. The van der Waals surface area contributed by atoms with Crippen LogP contribution in [0.5, 0.6) is 0 Å². The van der Waals surface area contributed by atoms with Crippen molar-refractivity contribution in [2.75, 3.05) is 13.2 Å². The van der Waals surface area contributed by atoms with Gasteiger partial charge in [0.2, 0.25) is 0 Å². The van der Waals surface area contributed by atoms with Gasteiger partial charge in [-0.1, -0.05) is 12.8 Å². The Balaban J connectivity index is 1.97. The molecule has 0 amide bonds. The summed E-state index contributed by atoms with van der Waals surface area (Å²) in [5.41, 5.74) is 0.186. The van der Waals surface area contributed by atoms with Crippen molar-refractivity contribution >= 4 is 0 Å². The molecule has 0 aromatic carbocycles. The molecule has 1 spiro atoms. The minimum atomic E-state index is 0.186. The zero-order chi connectivity index (χ0) is 8.44. The van der Waals surface area contributed by atoms with Gasteiger partial charge in [-0.2, -0.15) is 0 Å². The minimum absolute atomic E-state index is 0.186. The summed E-state index contributed by atoms with van der Waals surface area (Å²) in [6.07, 6.45) is 7.24. The lowest BCUT2D eigenvalue weighted by atomic mass is 9.85. The van der Waals surface area contributed by atoms with Crippen molar-refractivity contribution in [3.8, 4) is 0 Å². The summed E-state index contributed by atoms with van der Waals surface area (Å²) < 4.78 is 5.85. The Morgan fingerprint density at radius 3 is 2.75 bits per heavy atom. The van der Waals surface area contributed by atoms with E-state index in [1.165, 1.54) is 25.7 Å². The van der Waals surface area contributed by atoms with E-state index in [0.717, 1.165) is 19.4 Å². The summed E-state index contributed by atoms with van der Waals surface area (Å²) in [5.74, 6) is 0.511. The summed E-state index contributed by atoms with van der Waals surface area (Å²) in [4.78, 5) is 0. The van der Waals surface area contributed by atoms with Gasteiger partial charge in [0, 0.05) is 13.2 Å². The fourth-order valence-corrected chi connectivity index (χ4v) is 2.65. The fourth-order valence-electron chi connectivity index (χ4n) is 2.65. The second kappa shape index (κ2) is 3.35. The lowest BCUT2D eigenvalue weighted by molar-refractivity contribution is -0.0993. The van der Waals surface area contributed by atoms with Crippen LogP contribution in [0.3, 0.4) is 0 Å². The van der Waals surface area contributed by atoms with Crippen molar-refractivity contribution in [2.24, 2.45) is 5.92 Å². The van der Waals surface area contributed by atoms with Gasteiger partial charge in [-0.05, 0) is 31.6 Å². The summed E-state index contributed by atoms with van der Waals surface area (Å²) >= 11 is 0. The first-order valence-electron chi connectivity index (χ1n) is 5.09. The van der Waals surface area contributed by atoms with Gasteiger partial charge in [-0.3, -0.25) is 0 Å². The van der Waals surface area contributed by atoms with Crippen LogP contribution in [-0.2, 0) is 4.74 Å². The maximum absolute atomic E-state index is 9.08. The maximum atomic E-state index is 9.08. The van der Waals surface area contributed by atoms with Gasteiger partial charge in [-0.15, -0.1) is 0 Å². The zero-order valence-electron chi connectivity index (χ0n) is 7.59. The monoisotopic (exact) mass is 170 g/mol. The van der Waals surface area contributed by atoms with Gasteiger partial charge < -0.3 is 9.84 Å². The van der Waals surface area contributed by atoms with E-state index < -0.39 is 0 Å². The molecule has 2 nitrogen and oxygen atoms in total. The molecule has 1 saturated heterocycles. The van der Waals surface area contributed by atoms with E-state index in [2.05, 4.69) is 0 Å². The summed E-state index contributed by atoms with van der Waals surface area (Å²) in [6, 6.07) is 0. The first-order valence-corrected chi connectivity index (χ1v) is 5.09. The lowest BCUT2D eigenvalue weighted by Crippen LogP contribution is -2.38. The Morgan fingerprint density at radius 2 is 2.08 bits per heavy atom. The molecular formula is C10H18O2. The minimum Gasteiger partial charge on any atom is -0.396 e. The van der Waals surface area contributed by atoms with Crippen molar-refractivity contribution in [3.63, 3.8) is 0 Å². The van der Waals surface area contributed by atoms with E-state index in [0.29, 0.717) is 12.5 Å². The maximum Gasteiger partial charge on any atom is 0.0686 e. The van der Waals surface area contributed by atoms with Crippen molar-refractivity contribution < 1.29 is 9.84 Å². The zero-order valence-corrected chi connectivity index (χ0v) is 7.59. The van der Waals surface area contributed by atoms with Gasteiger partial charge in [0.05, 0.1) is 5.60 Å². The highest BCUT2D eigenvalue weighted by molar-refractivity contribution is 4.90. The summed E-state index contributed by atoms with van der Waals surface area (Å²) in [6.45, 7) is 1.22. The van der Waals surface area contributed by atoms with Gasteiger partial charge in [0.1, 0.15) is 0 Å². The van der Waals surface area contributed by atoms with Gasteiger partial charge in [0.25, 0.3) is 0 Å². The summed E-state index contributed by atoms with van der Waals surface area (Å²) in [7, 11) is 0. The van der Waals surface area contributed by atoms with Crippen LogP contribution < -0.4 is 0 Å². The Labute approximate surface area is 73.9 Å². The van der Waals surface area contributed by atoms with Crippen LogP contribution in [0.2, 0.25) is 0 Å². The third kappa shape index (κ3) is 1.50. The average Bonchev–Trinajstić information content (AvgIpc) is 2.53. The van der Waals surface area contributed by atoms with Crippen LogP contribution in [0, 0.1) is 5.92 Å². The number of hydrogen-bond acceptors (Lipinski definition) is 2. The van der Waals surface area contributed by atoms with Crippen LogP contribution in [0.1, 0.15) is 38.5 Å². The van der Waals surface area contributed by atoms with E-state index in [1.54, 1.807) is 0 Å². The predicted molar refractivity (Wildman–Crippen MR) is 47.0 cm³/mol. The largest absolute Gasteiger partial charge is 0.396 e. The quantitative estimate of drug-likeness (QED) is 0.649. The first kappa shape index (κ1) is 8.52. The molecule has 0 bridgehead atoms. The number of rotatable bonds is 1. The molecule has 1 atom stereocenters. The second-order valence-electron chi connectivity index (χ2n) is 4.28. The normalized spacial score (nSPS) is 34.2. The van der Waals surface area contributed by atoms with Gasteiger partial charge in [0.15, 0.2) is 0 Å². The molecule has 1 N–H and O–H groups in total. The van der Waals surface area contributed by atoms with Gasteiger partial charge >= 0.3 is 0 Å². The molecule has 2 aliphatic rings. The highest BCUT2D eigenvalue weighted by atomic mass is 16.5. The molecule has 2 rings (SSSR count). The first-order chi connectivity index (χ1) is 5.85. The lowest BCUT2D eigenvalue weighted by Gasteiger charge is -2.37. The summed E-state index contributed by atoms with van der Waals surface area (Å²) in [5, 5.41) is 9.08. The molecule has 1 heterocycles. The Bertz CT molecular complexity index is 150. The number of ether oxygens (including phenoxy) is 1. The van der Waals surface area contributed by atoms with E-state index in [9.17, 15) is 0 Å². The smallest absolute Gasteiger partial charge is 0.0686 e. The molecule has 1 saturated carbocycles. The number of hydrogen-bond donors (Lipinski definition) is 1. The Hall–Kier alpha value is -0.0800.